The van der Waals surface area contributed by atoms with Gasteiger partial charge in [-0.2, -0.15) is 0 Å². The number of carbonyl (C=O) groups excluding carboxylic acids is 1. The van der Waals surface area contributed by atoms with Crippen molar-refractivity contribution in [3.63, 3.8) is 0 Å². The first-order valence-corrected chi connectivity index (χ1v) is 6.84. The van der Waals surface area contributed by atoms with Gasteiger partial charge in [0.2, 0.25) is 0 Å². The van der Waals surface area contributed by atoms with E-state index in [1.54, 1.807) is 18.2 Å². The lowest BCUT2D eigenvalue weighted by atomic mass is 10.1. The van der Waals surface area contributed by atoms with Crippen molar-refractivity contribution in [3.05, 3.63) is 65.2 Å². The maximum absolute atomic E-state index is 13.1. The van der Waals surface area contributed by atoms with Gasteiger partial charge in [-0.3, -0.25) is 0 Å². The summed E-state index contributed by atoms with van der Waals surface area (Å²) in [5, 5.41) is 0. The van der Waals surface area contributed by atoms with Gasteiger partial charge in [-0.25, -0.2) is 13.6 Å². The first-order chi connectivity index (χ1) is 9.61. The maximum atomic E-state index is 13.1. The number of halogens is 2. The maximum Gasteiger partial charge on any atom is 0.338 e. The predicted octanol–water partition coefficient (Wildman–Crippen LogP) is 4.04. The Balaban J connectivity index is 2.14. The van der Waals surface area contributed by atoms with Crippen LogP contribution in [-0.4, -0.2) is 13.1 Å². The van der Waals surface area contributed by atoms with E-state index in [-0.39, 0.29) is 0 Å². The van der Waals surface area contributed by atoms with E-state index in [1.807, 2.05) is 6.07 Å². The molecule has 2 rings (SSSR count). The average molecular weight is 294 g/mol. The summed E-state index contributed by atoms with van der Waals surface area (Å²) in [4.78, 5) is 12.2. The van der Waals surface area contributed by atoms with Gasteiger partial charge in [0.05, 0.1) is 12.7 Å². The molecule has 2 aromatic carbocycles. The molecular formula is C15H12F2O2S. The summed E-state index contributed by atoms with van der Waals surface area (Å²) in [7, 11) is 1.32. The minimum Gasteiger partial charge on any atom is -0.465 e. The Morgan fingerprint density at radius 3 is 2.60 bits per heavy atom. The van der Waals surface area contributed by atoms with Gasteiger partial charge in [0, 0.05) is 10.6 Å². The van der Waals surface area contributed by atoms with E-state index in [4.69, 9.17) is 4.74 Å². The molecule has 0 aliphatic carbocycles. The molecule has 0 bridgehead atoms. The van der Waals surface area contributed by atoms with Crippen LogP contribution in [-0.2, 0) is 10.5 Å². The minimum atomic E-state index is -0.878. The number of rotatable bonds is 4. The van der Waals surface area contributed by atoms with Crippen LogP contribution >= 0.6 is 11.8 Å². The molecule has 0 N–H and O–H groups in total. The lowest BCUT2D eigenvalue weighted by molar-refractivity contribution is 0.0600. The molecule has 2 nitrogen and oxygen atoms in total. The van der Waals surface area contributed by atoms with Gasteiger partial charge in [0.1, 0.15) is 0 Å². The molecule has 0 aliphatic heterocycles. The summed E-state index contributed by atoms with van der Waals surface area (Å²) in [6.07, 6.45) is 0. The zero-order valence-electron chi connectivity index (χ0n) is 10.7. The van der Waals surface area contributed by atoms with Crippen molar-refractivity contribution in [3.8, 4) is 0 Å². The zero-order chi connectivity index (χ0) is 14.5. The monoisotopic (exact) mass is 294 g/mol. The Bertz CT molecular complexity index is 629. The molecule has 0 heterocycles. The van der Waals surface area contributed by atoms with Gasteiger partial charge in [-0.05, 0) is 29.8 Å². The second-order valence-electron chi connectivity index (χ2n) is 4.01. The Morgan fingerprint density at radius 2 is 1.90 bits per heavy atom. The smallest absolute Gasteiger partial charge is 0.338 e. The van der Waals surface area contributed by atoms with Crippen molar-refractivity contribution in [2.75, 3.05) is 7.11 Å². The Morgan fingerprint density at radius 1 is 1.15 bits per heavy atom. The molecule has 0 fully saturated rings. The zero-order valence-corrected chi connectivity index (χ0v) is 11.5. The highest BCUT2D eigenvalue weighted by Crippen LogP contribution is 2.26. The van der Waals surface area contributed by atoms with Gasteiger partial charge < -0.3 is 4.74 Å². The van der Waals surface area contributed by atoms with Crippen LogP contribution < -0.4 is 0 Å². The second kappa shape index (κ2) is 6.52. The first kappa shape index (κ1) is 14.5. The molecule has 0 unspecified atom stereocenters. The highest BCUT2D eigenvalue weighted by atomic mass is 32.2. The molecule has 0 spiro atoms. The highest BCUT2D eigenvalue weighted by Gasteiger charge is 2.11. The number of hydrogen-bond acceptors (Lipinski definition) is 3. The molecule has 0 saturated carbocycles. The van der Waals surface area contributed by atoms with Crippen molar-refractivity contribution >= 4 is 17.7 Å². The molecule has 0 aromatic heterocycles. The Labute approximate surface area is 119 Å². The molecule has 0 radical (unpaired) electrons. The van der Waals surface area contributed by atoms with Crippen LogP contribution in [0.4, 0.5) is 8.78 Å². The average Bonchev–Trinajstić information content (AvgIpc) is 2.48. The third-order valence-corrected chi connectivity index (χ3v) is 3.75. The Hall–Kier alpha value is -1.88. The molecule has 0 atom stereocenters. The molecule has 5 heteroatoms. The lowest BCUT2D eigenvalue weighted by Crippen LogP contribution is -2.04. The summed E-state index contributed by atoms with van der Waals surface area (Å²) in [6, 6.07) is 10.8. The van der Waals surface area contributed by atoms with Crippen molar-refractivity contribution < 1.29 is 18.3 Å². The number of thioether (sulfide) groups is 1. The number of esters is 1. The van der Waals surface area contributed by atoms with Gasteiger partial charge in [-0.1, -0.05) is 18.2 Å². The number of methoxy groups -OCH3 is 1. The van der Waals surface area contributed by atoms with Crippen LogP contribution in [0.2, 0.25) is 0 Å². The van der Waals surface area contributed by atoms with Crippen LogP contribution in [0.25, 0.3) is 0 Å². The fourth-order valence-corrected chi connectivity index (χ4v) is 2.61. The highest BCUT2D eigenvalue weighted by molar-refractivity contribution is 7.98. The van der Waals surface area contributed by atoms with Crippen LogP contribution in [0, 0.1) is 11.6 Å². The van der Waals surface area contributed by atoms with Crippen LogP contribution in [0.1, 0.15) is 15.9 Å². The van der Waals surface area contributed by atoms with Crippen LogP contribution in [0.3, 0.4) is 0 Å². The number of ether oxygens (including phenoxy) is 1. The third-order valence-electron chi connectivity index (χ3n) is 2.71. The molecule has 104 valence electrons. The van der Waals surface area contributed by atoms with E-state index in [9.17, 15) is 13.6 Å². The van der Waals surface area contributed by atoms with Crippen LogP contribution in [0.15, 0.2) is 47.4 Å². The fraction of sp³-hybridized carbons (Fsp3) is 0.133. The molecule has 0 amide bonds. The third kappa shape index (κ3) is 3.36. The normalized spacial score (nSPS) is 10.3. The van der Waals surface area contributed by atoms with E-state index in [0.717, 1.165) is 17.7 Å². The first-order valence-electron chi connectivity index (χ1n) is 5.86. The quantitative estimate of drug-likeness (QED) is 0.629. The minimum absolute atomic E-state index is 0.411. The molecule has 20 heavy (non-hydrogen) atoms. The lowest BCUT2D eigenvalue weighted by Gasteiger charge is -2.07. The summed E-state index contributed by atoms with van der Waals surface area (Å²) in [6.45, 7) is 0. The molecular weight excluding hydrogens is 282 g/mol. The van der Waals surface area contributed by atoms with E-state index >= 15 is 0 Å². The second-order valence-corrected chi connectivity index (χ2v) is 5.06. The summed E-state index contributed by atoms with van der Waals surface area (Å²) in [5.41, 5.74) is 1.26. The number of carbonyl (C=O) groups is 1. The summed E-state index contributed by atoms with van der Waals surface area (Å²) in [5.74, 6) is -1.69. The van der Waals surface area contributed by atoms with Gasteiger partial charge in [0.25, 0.3) is 0 Å². The topological polar surface area (TPSA) is 26.3 Å². The number of benzene rings is 2. The standard InChI is InChI=1S/C15H12F2O2S/c1-19-15(18)12-5-3-2-4-10(12)9-20-11-6-7-13(16)14(17)8-11/h2-8H,9H2,1H3. The molecule has 0 saturated heterocycles. The Kier molecular flexibility index (Phi) is 4.74. The van der Waals surface area contributed by atoms with E-state index in [0.29, 0.717) is 16.2 Å². The van der Waals surface area contributed by atoms with Crippen LogP contribution in [0.5, 0.6) is 0 Å². The van der Waals surface area contributed by atoms with Crippen molar-refractivity contribution in [1.29, 1.82) is 0 Å². The molecule has 0 aliphatic rings. The van der Waals surface area contributed by atoms with E-state index in [1.165, 1.54) is 24.9 Å². The summed E-state index contributed by atoms with van der Waals surface area (Å²) >= 11 is 1.32. The van der Waals surface area contributed by atoms with E-state index in [2.05, 4.69) is 0 Å². The van der Waals surface area contributed by atoms with Crippen molar-refractivity contribution in [2.24, 2.45) is 0 Å². The predicted molar refractivity (Wildman–Crippen MR) is 73.7 cm³/mol. The van der Waals surface area contributed by atoms with Gasteiger partial charge in [-0.15, -0.1) is 11.8 Å². The number of hydrogen-bond donors (Lipinski definition) is 0. The van der Waals surface area contributed by atoms with Crippen molar-refractivity contribution in [2.45, 2.75) is 10.6 Å². The van der Waals surface area contributed by atoms with Gasteiger partial charge in [0.15, 0.2) is 11.6 Å². The largest absolute Gasteiger partial charge is 0.465 e. The SMILES string of the molecule is COC(=O)c1ccccc1CSc1ccc(F)c(F)c1. The van der Waals surface area contributed by atoms with Gasteiger partial charge >= 0.3 is 5.97 Å². The fourth-order valence-electron chi connectivity index (χ4n) is 1.68. The summed E-state index contributed by atoms with van der Waals surface area (Å²) < 4.78 is 30.6. The molecule has 2 aromatic rings. The van der Waals surface area contributed by atoms with E-state index < -0.39 is 17.6 Å². The van der Waals surface area contributed by atoms with Crippen molar-refractivity contribution in [1.82, 2.24) is 0 Å².